The van der Waals surface area contributed by atoms with Gasteiger partial charge in [0.05, 0.1) is 16.6 Å². The van der Waals surface area contributed by atoms with Gasteiger partial charge in [0.15, 0.2) is 0 Å². The Kier molecular flexibility index (Phi) is 5.69. The van der Waals surface area contributed by atoms with Crippen molar-refractivity contribution in [3.8, 4) is 0 Å². The maximum Gasteiger partial charge on any atom is 0.264 e. The second-order valence-corrected chi connectivity index (χ2v) is 8.79. The van der Waals surface area contributed by atoms with Gasteiger partial charge in [0.25, 0.3) is 11.5 Å². The van der Waals surface area contributed by atoms with Crippen molar-refractivity contribution < 1.29 is 9.59 Å². The largest absolute Gasteiger partial charge is 0.340 e. The number of piperidine rings is 1. The fourth-order valence-electron chi connectivity index (χ4n) is 4.30. The fraction of sp³-hybridized carbons (Fsp3) is 0.600. The molecule has 4 heterocycles. The summed E-state index contributed by atoms with van der Waals surface area (Å²) in [5.41, 5.74) is 0.478. The van der Waals surface area contributed by atoms with E-state index in [1.54, 1.807) is 6.92 Å². The molecule has 2 aliphatic heterocycles. The zero-order valence-corrected chi connectivity index (χ0v) is 17.8. The highest BCUT2D eigenvalue weighted by Crippen LogP contribution is 2.29. The molecular weight excluding hydrogens is 390 g/mol. The van der Waals surface area contributed by atoms with E-state index in [0.29, 0.717) is 46.6 Å². The number of rotatable bonds is 3. The van der Waals surface area contributed by atoms with Gasteiger partial charge in [-0.05, 0) is 31.9 Å². The first-order valence-corrected chi connectivity index (χ1v) is 11.1. The predicted octanol–water partition coefficient (Wildman–Crippen LogP) is 1.31. The Balaban J connectivity index is 1.39. The molecule has 156 valence electrons. The lowest BCUT2D eigenvalue weighted by Gasteiger charge is -2.38. The molecule has 0 aliphatic carbocycles. The number of hydrogen-bond acceptors (Lipinski definition) is 6. The van der Waals surface area contributed by atoms with E-state index in [4.69, 9.17) is 0 Å². The molecular formula is C20H27N5O3S. The number of likely N-dealkylation sites (N-methyl/N-ethyl adjacent to an activating group) is 1. The number of H-pyrrole nitrogens is 1. The Morgan fingerprint density at radius 2 is 1.83 bits per heavy atom. The Morgan fingerprint density at radius 3 is 2.45 bits per heavy atom. The van der Waals surface area contributed by atoms with E-state index in [1.807, 2.05) is 9.80 Å². The van der Waals surface area contributed by atoms with E-state index in [-0.39, 0.29) is 23.3 Å². The van der Waals surface area contributed by atoms with E-state index in [0.717, 1.165) is 32.7 Å². The van der Waals surface area contributed by atoms with E-state index in [2.05, 4.69) is 21.8 Å². The molecule has 0 spiro atoms. The minimum atomic E-state index is -0.213. The number of nitrogens with one attached hydrogen (secondary N) is 1. The first-order chi connectivity index (χ1) is 14.0. The standard InChI is InChI=1S/C20H27N5O3S/c1-3-23-8-10-25(11-9-23)19(27)14-4-6-24(7-5-14)20(28)16-13(2)15-17(26)21-12-22-18(15)29-16/h12,14H,3-11H2,1-2H3,(H,21,22,26). The van der Waals surface area contributed by atoms with Crippen LogP contribution in [0.15, 0.2) is 11.1 Å². The lowest BCUT2D eigenvalue weighted by atomic mass is 9.94. The number of aromatic nitrogens is 2. The number of carbonyl (C=O) groups is 2. The van der Waals surface area contributed by atoms with Crippen molar-refractivity contribution in [3.63, 3.8) is 0 Å². The van der Waals surface area contributed by atoms with Crippen LogP contribution in [0.5, 0.6) is 0 Å². The maximum atomic E-state index is 13.0. The van der Waals surface area contributed by atoms with Crippen LogP contribution in [0.1, 0.15) is 35.0 Å². The van der Waals surface area contributed by atoms with Crippen LogP contribution in [0.3, 0.4) is 0 Å². The second kappa shape index (κ2) is 8.23. The van der Waals surface area contributed by atoms with Gasteiger partial charge in [-0.3, -0.25) is 14.4 Å². The lowest BCUT2D eigenvalue weighted by Crippen LogP contribution is -2.51. The van der Waals surface area contributed by atoms with Gasteiger partial charge in [0.2, 0.25) is 5.91 Å². The minimum Gasteiger partial charge on any atom is -0.340 e. The monoisotopic (exact) mass is 417 g/mol. The molecule has 0 saturated carbocycles. The summed E-state index contributed by atoms with van der Waals surface area (Å²) in [7, 11) is 0. The highest BCUT2D eigenvalue weighted by molar-refractivity contribution is 7.20. The average molecular weight is 418 g/mol. The predicted molar refractivity (Wildman–Crippen MR) is 112 cm³/mol. The molecule has 2 fully saturated rings. The summed E-state index contributed by atoms with van der Waals surface area (Å²) in [5.74, 6) is 0.175. The number of aryl methyl sites for hydroxylation is 1. The molecule has 4 rings (SSSR count). The zero-order valence-electron chi connectivity index (χ0n) is 16.9. The first kappa shape index (κ1) is 20.0. The third kappa shape index (κ3) is 3.81. The van der Waals surface area contributed by atoms with Crippen LogP contribution in [-0.4, -0.2) is 82.3 Å². The van der Waals surface area contributed by atoms with Gasteiger partial charge >= 0.3 is 0 Å². The van der Waals surface area contributed by atoms with Crippen LogP contribution >= 0.6 is 11.3 Å². The van der Waals surface area contributed by atoms with Gasteiger partial charge in [-0.25, -0.2) is 4.98 Å². The molecule has 0 aromatic carbocycles. The smallest absolute Gasteiger partial charge is 0.264 e. The highest BCUT2D eigenvalue weighted by Gasteiger charge is 2.32. The molecule has 2 aliphatic rings. The number of nitrogens with zero attached hydrogens (tertiary/aromatic N) is 4. The molecule has 1 N–H and O–H groups in total. The van der Waals surface area contributed by atoms with Crippen molar-refractivity contribution in [1.82, 2.24) is 24.7 Å². The Labute approximate surface area is 173 Å². The molecule has 0 bridgehead atoms. The van der Waals surface area contributed by atoms with Gasteiger partial charge in [-0.1, -0.05) is 6.92 Å². The first-order valence-electron chi connectivity index (χ1n) is 10.3. The van der Waals surface area contributed by atoms with E-state index in [9.17, 15) is 14.4 Å². The summed E-state index contributed by atoms with van der Waals surface area (Å²) in [6.07, 6.45) is 2.76. The van der Waals surface area contributed by atoms with Crippen molar-refractivity contribution in [1.29, 1.82) is 0 Å². The summed E-state index contributed by atoms with van der Waals surface area (Å²) in [5, 5.41) is 0.497. The molecule has 9 heteroatoms. The second-order valence-electron chi connectivity index (χ2n) is 7.79. The minimum absolute atomic E-state index is 0.000225. The van der Waals surface area contributed by atoms with Crippen molar-refractivity contribution >= 4 is 33.4 Å². The number of likely N-dealkylation sites (tertiary alicyclic amines) is 1. The highest BCUT2D eigenvalue weighted by atomic mass is 32.1. The molecule has 0 unspecified atom stereocenters. The van der Waals surface area contributed by atoms with Gasteiger partial charge in [-0.2, -0.15) is 0 Å². The van der Waals surface area contributed by atoms with Crippen LogP contribution in [0, 0.1) is 12.8 Å². The van der Waals surface area contributed by atoms with Crippen LogP contribution in [0.4, 0.5) is 0 Å². The molecule has 8 nitrogen and oxygen atoms in total. The van der Waals surface area contributed by atoms with Gasteiger partial charge in [0.1, 0.15) is 4.83 Å². The number of carbonyl (C=O) groups excluding carboxylic acids is 2. The van der Waals surface area contributed by atoms with Gasteiger partial charge in [-0.15, -0.1) is 11.3 Å². The third-order valence-corrected chi connectivity index (χ3v) is 7.38. The number of fused-ring (bicyclic) bond motifs is 1. The zero-order chi connectivity index (χ0) is 20.5. The quantitative estimate of drug-likeness (QED) is 0.813. The lowest BCUT2D eigenvalue weighted by molar-refractivity contribution is -0.138. The summed E-state index contributed by atoms with van der Waals surface area (Å²) in [6, 6.07) is 0. The van der Waals surface area contributed by atoms with Crippen LogP contribution in [0.25, 0.3) is 10.2 Å². The maximum absolute atomic E-state index is 13.0. The summed E-state index contributed by atoms with van der Waals surface area (Å²) in [4.78, 5) is 52.0. The van der Waals surface area contributed by atoms with Crippen molar-refractivity contribution in [2.75, 3.05) is 45.8 Å². The van der Waals surface area contributed by atoms with Gasteiger partial charge in [0, 0.05) is 45.2 Å². The van der Waals surface area contributed by atoms with Crippen LogP contribution < -0.4 is 5.56 Å². The molecule has 2 saturated heterocycles. The van der Waals surface area contributed by atoms with Crippen LogP contribution in [0.2, 0.25) is 0 Å². The van der Waals surface area contributed by atoms with E-state index >= 15 is 0 Å². The van der Waals surface area contributed by atoms with Crippen molar-refractivity contribution in [2.24, 2.45) is 5.92 Å². The topological polar surface area (TPSA) is 89.6 Å². The van der Waals surface area contributed by atoms with E-state index in [1.165, 1.54) is 17.7 Å². The number of aromatic amines is 1. The number of amides is 2. The molecule has 0 radical (unpaired) electrons. The molecule has 2 amide bonds. The third-order valence-electron chi connectivity index (χ3n) is 6.19. The molecule has 0 atom stereocenters. The van der Waals surface area contributed by atoms with Crippen molar-refractivity contribution in [3.05, 3.63) is 27.1 Å². The number of piperazine rings is 1. The SMILES string of the molecule is CCN1CCN(C(=O)C2CCN(C(=O)c3sc4nc[nH]c(=O)c4c3C)CC2)CC1. The number of thiophene rings is 1. The van der Waals surface area contributed by atoms with Crippen LogP contribution in [-0.2, 0) is 4.79 Å². The Hall–Kier alpha value is -2.26. The average Bonchev–Trinajstić information content (AvgIpc) is 3.10. The normalized spacial score (nSPS) is 19.1. The molecule has 2 aromatic rings. The summed E-state index contributed by atoms with van der Waals surface area (Å²) >= 11 is 1.27. The molecule has 2 aromatic heterocycles. The Morgan fingerprint density at radius 1 is 1.14 bits per heavy atom. The molecule has 29 heavy (non-hydrogen) atoms. The summed E-state index contributed by atoms with van der Waals surface area (Å²) < 4.78 is 0. The fourth-order valence-corrected chi connectivity index (χ4v) is 5.42. The van der Waals surface area contributed by atoms with E-state index < -0.39 is 0 Å². The summed E-state index contributed by atoms with van der Waals surface area (Å²) in [6.45, 7) is 9.60. The van der Waals surface area contributed by atoms with Gasteiger partial charge < -0.3 is 19.7 Å². The van der Waals surface area contributed by atoms with Crippen molar-refractivity contribution in [2.45, 2.75) is 26.7 Å². The Bertz CT molecular complexity index is 968. The number of hydrogen-bond donors (Lipinski definition) is 1.